The van der Waals surface area contributed by atoms with Gasteiger partial charge in [0.05, 0.1) is 18.4 Å². The highest BCUT2D eigenvalue weighted by atomic mass is 16.6. The van der Waals surface area contributed by atoms with Crippen LogP contribution in [0.25, 0.3) is 0 Å². The first-order valence-corrected chi connectivity index (χ1v) is 6.41. The molecule has 3 atom stereocenters. The molecule has 0 fully saturated rings. The molecule has 0 radical (unpaired) electrons. The van der Waals surface area contributed by atoms with Crippen molar-refractivity contribution in [2.45, 2.75) is 52.4 Å². The number of carbonyl (C=O) groups excluding carboxylic acids is 1. The van der Waals surface area contributed by atoms with Crippen LogP contribution in [0.15, 0.2) is 22.8 Å². The fourth-order valence-corrected chi connectivity index (χ4v) is 1.64. The van der Waals surface area contributed by atoms with Crippen LogP contribution in [0.1, 0.15) is 46.4 Å². The Labute approximate surface area is 113 Å². The third kappa shape index (κ3) is 4.95. The average molecular weight is 269 g/mol. The maximum atomic E-state index is 11.8. The number of nitrogens with one attached hydrogen (secondary N) is 1. The molecule has 108 valence electrons. The lowest BCUT2D eigenvalue weighted by atomic mass is 9.95. The highest BCUT2D eigenvalue weighted by Gasteiger charge is 2.28. The van der Waals surface area contributed by atoms with Crippen LogP contribution in [0.2, 0.25) is 0 Å². The van der Waals surface area contributed by atoms with E-state index in [2.05, 4.69) is 5.32 Å². The van der Waals surface area contributed by atoms with E-state index in [1.807, 2.05) is 6.92 Å². The molecule has 0 aromatic carbocycles. The minimum absolute atomic E-state index is 0.196. The smallest absolute Gasteiger partial charge is 0.408 e. The van der Waals surface area contributed by atoms with Crippen LogP contribution in [-0.2, 0) is 4.74 Å². The number of furan rings is 1. The zero-order valence-corrected chi connectivity index (χ0v) is 12.1. The molecule has 0 spiro atoms. The van der Waals surface area contributed by atoms with Crippen molar-refractivity contribution in [1.82, 2.24) is 5.32 Å². The molecule has 0 bridgehead atoms. The minimum Gasteiger partial charge on any atom is -0.467 e. The Morgan fingerprint density at radius 3 is 2.47 bits per heavy atom. The first-order valence-electron chi connectivity index (χ1n) is 6.41. The summed E-state index contributed by atoms with van der Waals surface area (Å²) in [4.78, 5) is 11.8. The lowest BCUT2D eigenvalue weighted by Gasteiger charge is -2.27. The molecule has 5 nitrogen and oxygen atoms in total. The van der Waals surface area contributed by atoms with Crippen molar-refractivity contribution < 1.29 is 19.1 Å². The van der Waals surface area contributed by atoms with Crippen molar-refractivity contribution in [1.29, 1.82) is 0 Å². The van der Waals surface area contributed by atoms with Gasteiger partial charge in [-0.1, -0.05) is 6.92 Å². The molecule has 2 N–H and O–H groups in total. The molecule has 1 rings (SSSR count). The third-order valence-electron chi connectivity index (χ3n) is 2.81. The van der Waals surface area contributed by atoms with Gasteiger partial charge in [-0.15, -0.1) is 0 Å². The van der Waals surface area contributed by atoms with Gasteiger partial charge in [-0.05, 0) is 39.8 Å². The highest BCUT2D eigenvalue weighted by molar-refractivity contribution is 5.68. The maximum Gasteiger partial charge on any atom is 0.408 e. The molecular formula is C14H23NO4. The summed E-state index contributed by atoms with van der Waals surface area (Å²) in [5.74, 6) is 0.401. The van der Waals surface area contributed by atoms with E-state index >= 15 is 0 Å². The van der Waals surface area contributed by atoms with Crippen molar-refractivity contribution in [3.63, 3.8) is 0 Å². The van der Waals surface area contributed by atoms with Gasteiger partial charge >= 0.3 is 6.09 Å². The predicted octanol–water partition coefficient (Wildman–Crippen LogP) is 2.86. The molecule has 19 heavy (non-hydrogen) atoms. The molecule has 1 heterocycles. The summed E-state index contributed by atoms with van der Waals surface area (Å²) in [7, 11) is 0. The van der Waals surface area contributed by atoms with Gasteiger partial charge in [-0.2, -0.15) is 0 Å². The molecule has 0 unspecified atom stereocenters. The quantitative estimate of drug-likeness (QED) is 0.881. The standard InChI is InChI=1S/C14H23NO4/c1-9(10(2)16)12(11-7-6-8-18-11)15-13(17)19-14(3,4)5/h6-10,12,16H,1-5H3,(H,15,17)/t9-,10-,12+/m0/s1. The Balaban J connectivity index is 2.79. The number of rotatable bonds is 4. The molecule has 0 aliphatic heterocycles. The number of alkyl carbamates (subject to hydrolysis) is 1. The third-order valence-corrected chi connectivity index (χ3v) is 2.81. The lowest BCUT2D eigenvalue weighted by molar-refractivity contribution is 0.0421. The van der Waals surface area contributed by atoms with Crippen LogP contribution in [0.3, 0.4) is 0 Å². The van der Waals surface area contributed by atoms with Gasteiger partial charge < -0.3 is 19.6 Å². The second kappa shape index (κ2) is 6.10. The van der Waals surface area contributed by atoms with E-state index in [0.29, 0.717) is 5.76 Å². The summed E-state index contributed by atoms with van der Waals surface area (Å²) in [5.41, 5.74) is -0.564. The van der Waals surface area contributed by atoms with Crippen molar-refractivity contribution in [2.75, 3.05) is 0 Å². The topological polar surface area (TPSA) is 71.7 Å². The zero-order chi connectivity index (χ0) is 14.6. The van der Waals surface area contributed by atoms with E-state index in [4.69, 9.17) is 9.15 Å². The molecule has 0 saturated heterocycles. The van der Waals surface area contributed by atoms with E-state index < -0.39 is 23.8 Å². The Kier molecular flexibility index (Phi) is 5.00. The Morgan fingerprint density at radius 1 is 1.42 bits per heavy atom. The molecule has 0 aliphatic rings. The number of ether oxygens (including phenoxy) is 1. The van der Waals surface area contributed by atoms with Crippen molar-refractivity contribution in [2.24, 2.45) is 5.92 Å². The van der Waals surface area contributed by atoms with Gasteiger partial charge in [-0.3, -0.25) is 0 Å². The average Bonchev–Trinajstić information content (AvgIpc) is 2.75. The van der Waals surface area contributed by atoms with E-state index in [-0.39, 0.29) is 5.92 Å². The van der Waals surface area contributed by atoms with Gasteiger partial charge in [0.15, 0.2) is 0 Å². The Hall–Kier alpha value is -1.49. The van der Waals surface area contributed by atoms with E-state index in [1.54, 1.807) is 39.8 Å². The number of hydrogen-bond acceptors (Lipinski definition) is 4. The van der Waals surface area contributed by atoms with Gasteiger partial charge in [0.1, 0.15) is 11.4 Å². The van der Waals surface area contributed by atoms with E-state index in [9.17, 15) is 9.90 Å². The summed E-state index contributed by atoms with van der Waals surface area (Å²) >= 11 is 0. The summed E-state index contributed by atoms with van der Waals surface area (Å²) < 4.78 is 10.5. The van der Waals surface area contributed by atoms with Crippen LogP contribution in [0, 0.1) is 5.92 Å². The largest absolute Gasteiger partial charge is 0.467 e. The normalized spacial score (nSPS) is 16.5. The monoisotopic (exact) mass is 269 g/mol. The predicted molar refractivity (Wildman–Crippen MR) is 71.7 cm³/mol. The van der Waals surface area contributed by atoms with Gasteiger partial charge in [-0.25, -0.2) is 4.79 Å². The molecule has 0 saturated carbocycles. The van der Waals surface area contributed by atoms with Crippen LogP contribution >= 0.6 is 0 Å². The summed E-state index contributed by atoms with van der Waals surface area (Å²) in [6.07, 6.45) is 0.430. The Morgan fingerprint density at radius 2 is 2.05 bits per heavy atom. The van der Waals surface area contributed by atoms with Crippen molar-refractivity contribution in [3.05, 3.63) is 24.2 Å². The van der Waals surface area contributed by atoms with Gasteiger partial charge in [0.25, 0.3) is 0 Å². The first kappa shape index (κ1) is 15.6. The zero-order valence-electron chi connectivity index (χ0n) is 12.1. The molecule has 5 heteroatoms. The van der Waals surface area contributed by atoms with Gasteiger partial charge in [0, 0.05) is 5.92 Å². The molecular weight excluding hydrogens is 246 g/mol. The van der Waals surface area contributed by atoms with Gasteiger partial charge in [0.2, 0.25) is 0 Å². The molecule has 1 amide bonds. The first-order chi connectivity index (χ1) is 8.70. The van der Waals surface area contributed by atoms with Crippen molar-refractivity contribution in [3.8, 4) is 0 Å². The maximum absolute atomic E-state index is 11.8. The van der Waals surface area contributed by atoms with Crippen molar-refractivity contribution >= 4 is 6.09 Å². The van der Waals surface area contributed by atoms with Crippen LogP contribution in [0.4, 0.5) is 4.79 Å². The summed E-state index contributed by atoms with van der Waals surface area (Å²) in [5, 5.41) is 12.4. The minimum atomic E-state index is -0.579. The highest BCUT2D eigenvalue weighted by Crippen LogP contribution is 2.25. The van der Waals surface area contributed by atoms with Crippen LogP contribution < -0.4 is 5.32 Å². The fourth-order valence-electron chi connectivity index (χ4n) is 1.64. The molecule has 0 aliphatic carbocycles. The number of amides is 1. The second-order valence-electron chi connectivity index (χ2n) is 5.74. The Bertz CT molecular complexity index is 392. The number of carbonyl (C=O) groups is 1. The summed E-state index contributed by atoms with van der Waals surface area (Å²) in [6, 6.07) is 3.08. The number of aliphatic hydroxyl groups excluding tert-OH is 1. The number of aliphatic hydroxyl groups is 1. The van der Waals surface area contributed by atoms with E-state index in [0.717, 1.165) is 0 Å². The van der Waals surface area contributed by atoms with Crippen LogP contribution in [-0.4, -0.2) is 22.9 Å². The molecule has 1 aromatic rings. The SMILES string of the molecule is C[C@@H]([C@H](C)O)[C@@H](NC(=O)OC(C)(C)C)c1ccco1. The fraction of sp³-hybridized carbons (Fsp3) is 0.643. The van der Waals surface area contributed by atoms with E-state index in [1.165, 1.54) is 6.26 Å². The molecule has 1 aromatic heterocycles. The van der Waals surface area contributed by atoms with Crippen LogP contribution in [0.5, 0.6) is 0 Å². The number of hydrogen-bond donors (Lipinski definition) is 2. The summed E-state index contributed by atoms with van der Waals surface area (Å²) in [6.45, 7) is 8.92. The lowest BCUT2D eigenvalue weighted by Crippen LogP contribution is -2.39. The second-order valence-corrected chi connectivity index (χ2v) is 5.74.